The van der Waals surface area contributed by atoms with E-state index in [9.17, 15) is 14.4 Å². The first-order valence-corrected chi connectivity index (χ1v) is 10.6. The maximum absolute atomic E-state index is 13.2. The smallest absolute Gasteiger partial charge is 0.261 e. The van der Waals surface area contributed by atoms with Gasteiger partial charge in [-0.05, 0) is 44.0 Å². The minimum Gasteiger partial charge on any atom is -0.484 e. The number of rotatable bonds is 7. The largest absolute Gasteiger partial charge is 0.484 e. The van der Waals surface area contributed by atoms with Crippen molar-refractivity contribution in [1.82, 2.24) is 4.90 Å². The summed E-state index contributed by atoms with van der Waals surface area (Å²) in [7, 11) is 0. The van der Waals surface area contributed by atoms with Crippen LogP contribution in [0.5, 0.6) is 5.75 Å². The van der Waals surface area contributed by atoms with E-state index in [0.717, 1.165) is 18.4 Å². The molecule has 0 bridgehead atoms. The summed E-state index contributed by atoms with van der Waals surface area (Å²) in [5.41, 5.74) is 1.56. The highest BCUT2D eigenvalue weighted by Crippen LogP contribution is 2.27. The van der Waals surface area contributed by atoms with E-state index in [0.29, 0.717) is 18.0 Å². The van der Waals surface area contributed by atoms with Gasteiger partial charge in [-0.15, -0.1) is 0 Å². The molecule has 2 saturated heterocycles. The van der Waals surface area contributed by atoms with E-state index in [1.165, 1.54) is 9.80 Å². The molecule has 0 aliphatic carbocycles. The third-order valence-corrected chi connectivity index (χ3v) is 5.64. The van der Waals surface area contributed by atoms with E-state index in [1.807, 2.05) is 37.3 Å². The van der Waals surface area contributed by atoms with E-state index in [2.05, 4.69) is 0 Å². The van der Waals surface area contributed by atoms with Crippen molar-refractivity contribution in [3.8, 4) is 5.75 Å². The van der Waals surface area contributed by atoms with Gasteiger partial charge in [0.2, 0.25) is 5.91 Å². The first-order chi connectivity index (χ1) is 15.0. The molecule has 2 fully saturated rings. The number of para-hydroxylation sites is 1. The van der Waals surface area contributed by atoms with Crippen LogP contribution in [0.25, 0.3) is 0 Å². The van der Waals surface area contributed by atoms with Gasteiger partial charge in [-0.3, -0.25) is 14.4 Å². The van der Waals surface area contributed by atoms with Crippen LogP contribution in [0, 0.1) is 6.92 Å². The van der Waals surface area contributed by atoms with Crippen LogP contribution in [0.3, 0.4) is 0 Å². The number of ether oxygens (including phenoxy) is 2. The number of nitrogens with zero attached hydrogens (tertiary/aromatic N) is 2. The Bertz CT molecular complexity index is 938. The standard InChI is InChI=1S/C24H26N2O5/c1-17-9-11-18(12-10-17)26-22(27)14-21(24(26)29)25(15-20-8-5-13-30-20)23(28)16-31-19-6-3-2-4-7-19/h2-4,6-7,9-12,20-21H,5,8,13-16H2,1H3. The van der Waals surface area contributed by atoms with Crippen molar-refractivity contribution in [2.45, 2.75) is 38.3 Å². The Balaban J connectivity index is 1.52. The molecule has 0 N–H and O–H groups in total. The van der Waals surface area contributed by atoms with E-state index in [4.69, 9.17) is 9.47 Å². The number of carbonyl (C=O) groups excluding carboxylic acids is 3. The lowest BCUT2D eigenvalue weighted by Gasteiger charge is -2.29. The maximum atomic E-state index is 13.2. The normalized spacial score (nSPS) is 20.9. The van der Waals surface area contributed by atoms with Crippen LogP contribution in [0.15, 0.2) is 54.6 Å². The van der Waals surface area contributed by atoms with Crippen molar-refractivity contribution >= 4 is 23.4 Å². The average Bonchev–Trinajstić information content (AvgIpc) is 3.39. The fourth-order valence-corrected chi connectivity index (χ4v) is 3.98. The van der Waals surface area contributed by atoms with Gasteiger partial charge in [-0.25, -0.2) is 4.90 Å². The molecule has 2 aliphatic rings. The van der Waals surface area contributed by atoms with E-state index in [-0.39, 0.29) is 43.4 Å². The lowest BCUT2D eigenvalue weighted by molar-refractivity contribution is -0.141. The fourth-order valence-electron chi connectivity index (χ4n) is 3.98. The van der Waals surface area contributed by atoms with Crippen molar-refractivity contribution in [2.24, 2.45) is 0 Å². The molecule has 162 valence electrons. The predicted octanol–water partition coefficient (Wildman–Crippen LogP) is 2.71. The molecule has 0 spiro atoms. The van der Waals surface area contributed by atoms with Gasteiger partial charge in [0.1, 0.15) is 11.8 Å². The zero-order valence-corrected chi connectivity index (χ0v) is 17.5. The highest BCUT2D eigenvalue weighted by Gasteiger charge is 2.45. The second kappa shape index (κ2) is 9.31. The topological polar surface area (TPSA) is 76.2 Å². The zero-order chi connectivity index (χ0) is 21.8. The molecular formula is C24H26N2O5. The Kier molecular flexibility index (Phi) is 6.32. The molecule has 3 amide bonds. The van der Waals surface area contributed by atoms with Crippen molar-refractivity contribution in [3.63, 3.8) is 0 Å². The molecule has 0 saturated carbocycles. The lowest BCUT2D eigenvalue weighted by atomic mass is 10.1. The van der Waals surface area contributed by atoms with Crippen LogP contribution in [-0.4, -0.2) is 54.5 Å². The molecule has 2 aliphatic heterocycles. The molecule has 4 rings (SSSR count). The summed E-state index contributed by atoms with van der Waals surface area (Å²) < 4.78 is 11.3. The van der Waals surface area contributed by atoms with Gasteiger partial charge < -0.3 is 14.4 Å². The highest BCUT2D eigenvalue weighted by atomic mass is 16.5. The van der Waals surface area contributed by atoms with Crippen molar-refractivity contribution in [1.29, 1.82) is 0 Å². The molecule has 2 heterocycles. The Labute approximate surface area is 181 Å². The summed E-state index contributed by atoms with van der Waals surface area (Å²) in [6.07, 6.45) is 1.55. The quantitative estimate of drug-likeness (QED) is 0.642. The van der Waals surface area contributed by atoms with Gasteiger partial charge in [-0.2, -0.15) is 0 Å². The van der Waals surface area contributed by atoms with Crippen LogP contribution in [0.1, 0.15) is 24.8 Å². The molecule has 2 unspecified atom stereocenters. The number of carbonyl (C=O) groups is 3. The first kappa shape index (κ1) is 21.1. The molecule has 7 nitrogen and oxygen atoms in total. The second-order valence-corrected chi connectivity index (χ2v) is 7.91. The number of anilines is 1. The number of hydrogen-bond donors (Lipinski definition) is 0. The van der Waals surface area contributed by atoms with Crippen LogP contribution < -0.4 is 9.64 Å². The number of aryl methyl sites for hydroxylation is 1. The fraction of sp³-hybridized carbons (Fsp3) is 0.375. The van der Waals surface area contributed by atoms with E-state index < -0.39 is 6.04 Å². The average molecular weight is 422 g/mol. The van der Waals surface area contributed by atoms with Gasteiger partial charge in [0.25, 0.3) is 11.8 Å². The van der Waals surface area contributed by atoms with Crippen molar-refractivity contribution in [3.05, 3.63) is 60.2 Å². The van der Waals surface area contributed by atoms with Crippen LogP contribution >= 0.6 is 0 Å². The number of hydrogen-bond acceptors (Lipinski definition) is 5. The molecule has 2 atom stereocenters. The molecule has 0 aromatic heterocycles. The SMILES string of the molecule is Cc1ccc(N2C(=O)CC(N(CC3CCCO3)C(=O)COc3ccccc3)C2=O)cc1. The van der Waals surface area contributed by atoms with Crippen LogP contribution in [0.4, 0.5) is 5.69 Å². The Morgan fingerprint density at radius 1 is 1.13 bits per heavy atom. The monoisotopic (exact) mass is 422 g/mol. The third-order valence-electron chi connectivity index (χ3n) is 5.64. The van der Waals surface area contributed by atoms with Gasteiger partial charge in [0, 0.05) is 13.2 Å². The molecule has 7 heteroatoms. The highest BCUT2D eigenvalue weighted by molar-refractivity contribution is 6.23. The molecule has 0 radical (unpaired) electrons. The first-order valence-electron chi connectivity index (χ1n) is 10.6. The van der Waals surface area contributed by atoms with E-state index >= 15 is 0 Å². The molecule has 2 aromatic carbocycles. The zero-order valence-electron chi connectivity index (χ0n) is 17.5. The number of amides is 3. The maximum Gasteiger partial charge on any atom is 0.261 e. The minimum atomic E-state index is -0.857. The van der Waals surface area contributed by atoms with Gasteiger partial charge >= 0.3 is 0 Å². The van der Waals surface area contributed by atoms with Gasteiger partial charge in [-0.1, -0.05) is 35.9 Å². The molecule has 2 aromatic rings. The summed E-state index contributed by atoms with van der Waals surface area (Å²) in [4.78, 5) is 41.7. The van der Waals surface area contributed by atoms with Crippen molar-refractivity contribution < 1.29 is 23.9 Å². The number of benzene rings is 2. The second-order valence-electron chi connectivity index (χ2n) is 7.91. The summed E-state index contributed by atoms with van der Waals surface area (Å²) in [6.45, 7) is 2.64. The van der Waals surface area contributed by atoms with Crippen LogP contribution in [0.2, 0.25) is 0 Å². The Morgan fingerprint density at radius 2 is 1.87 bits per heavy atom. The van der Waals surface area contributed by atoms with E-state index in [1.54, 1.807) is 24.3 Å². The Hall–Kier alpha value is -3.19. The molecule has 31 heavy (non-hydrogen) atoms. The summed E-state index contributed by atoms with van der Waals surface area (Å²) in [5.74, 6) is -0.466. The molecular weight excluding hydrogens is 396 g/mol. The predicted molar refractivity (Wildman–Crippen MR) is 115 cm³/mol. The summed E-state index contributed by atoms with van der Waals surface area (Å²) >= 11 is 0. The summed E-state index contributed by atoms with van der Waals surface area (Å²) in [5, 5.41) is 0. The van der Waals surface area contributed by atoms with Crippen LogP contribution in [-0.2, 0) is 19.1 Å². The minimum absolute atomic E-state index is 0.0451. The third kappa shape index (κ3) is 4.77. The van der Waals surface area contributed by atoms with Crippen molar-refractivity contribution in [2.75, 3.05) is 24.7 Å². The Morgan fingerprint density at radius 3 is 2.55 bits per heavy atom. The van der Waals surface area contributed by atoms with Gasteiger partial charge in [0.05, 0.1) is 18.2 Å². The number of imide groups is 1. The lowest BCUT2D eigenvalue weighted by Crippen LogP contribution is -2.50. The van der Waals surface area contributed by atoms with Gasteiger partial charge in [0.15, 0.2) is 6.61 Å². The summed E-state index contributed by atoms with van der Waals surface area (Å²) in [6, 6.07) is 15.4.